The fourth-order valence-corrected chi connectivity index (χ4v) is 1.51. The summed E-state index contributed by atoms with van der Waals surface area (Å²) in [5, 5.41) is 3.82. The lowest BCUT2D eigenvalue weighted by Gasteiger charge is -2.12. The van der Waals surface area contributed by atoms with Crippen LogP contribution in [-0.2, 0) is 0 Å². The van der Waals surface area contributed by atoms with E-state index in [1.807, 2.05) is 50.2 Å². The molecule has 5 nitrogen and oxygen atoms in total. The minimum Gasteiger partial charge on any atom is -0.347 e. The van der Waals surface area contributed by atoms with E-state index in [1.54, 1.807) is 0 Å². The predicted octanol–water partition coefficient (Wildman–Crippen LogP) is 2.64. The number of halogens is 1. The van der Waals surface area contributed by atoms with Gasteiger partial charge < -0.3 is 10.2 Å². The maximum atomic E-state index is 5.83. The summed E-state index contributed by atoms with van der Waals surface area (Å²) in [6.45, 7) is 1.84. The highest BCUT2D eigenvalue weighted by atomic mass is 35.5. The van der Waals surface area contributed by atoms with E-state index < -0.39 is 0 Å². The lowest BCUT2D eigenvalue weighted by molar-refractivity contribution is 0.923. The third-order valence-corrected chi connectivity index (χ3v) is 2.49. The van der Waals surface area contributed by atoms with Crippen molar-refractivity contribution in [3.05, 3.63) is 35.1 Å². The van der Waals surface area contributed by atoms with Crippen LogP contribution < -0.4 is 10.2 Å². The summed E-state index contributed by atoms with van der Waals surface area (Å²) < 4.78 is 0. The van der Waals surface area contributed by atoms with Crippen LogP contribution in [0.15, 0.2) is 24.3 Å². The largest absolute Gasteiger partial charge is 0.347 e. The highest BCUT2D eigenvalue weighted by Gasteiger charge is 2.05. The van der Waals surface area contributed by atoms with E-state index in [9.17, 15) is 0 Å². The molecule has 0 radical (unpaired) electrons. The van der Waals surface area contributed by atoms with Crippen LogP contribution in [0.5, 0.6) is 0 Å². The monoisotopic (exact) mass is 263 g/mol. The normalized spacial score (nSPS) is 10.2. The molecule has 0 bridgehead atoms. The van der Waals surface area contributed by atoms with Gasteiger partial charge in [-0.05, 0) is 31.2 Å². The number of nitrogens with zero attached hydrogens (tertiary/aromatic N) is 4. The minimum atomic E-state index is 0.522. The van der Waals surface area contributed by atoms with E-state index in [2.05, 4.69) is 20.3 Å². The summed E-state index contributed by atoms with van der Waals surface area (Å²) in [5.41, 5.74) is 0.884. The summed E-state index contributed by atoms with van der Waals surface area (Å²) in [4.78, 5) is 14.6. The lowest BCUT2D eigenvalue weighted by atomic mass is 10.3. The van der Waals surface area contributed by atoms with Gasteiger partial charge in [0, 0.05) is 24.8 Å². The van der Waals surface area contributed by atoms with Gasteiger partial charge >= 0.3 is 0 Å². The van der Waals surface area contributed by atoms with Crippen LogP contribution in [-0.4, -0.2) is 29.0 Å². The highest BCUT2D eigenvalue weighted by molar-refractivity contribution is 6.30. The Kier molecular flexibility index (Phi) is 3.62. The van der Waals surface area contributed by atoms with E-state index in [-0.39, 0.29) is 0 Å². The SMILES string of the molecule is Cc1nc(Nc2ccc(Cl)cc2)nc(N(C)C)n1. The predicted molar refractivity (Wildman–Crippen MR) is 73.6 cm³/mol. The van der Waals surface area contributed by atoms with E-state index in [0.29, 0.717) is 22.7 Å². The van der Waals surface area contributed by atoms with Gasteiger partial charge in [0.15, 0.2) is 0 Å². The second kappa shape index (κ2) is 5.18. The van der Waals surface area contributed by atoms with Crippen LogP contribution in [0.3, 0.4) is 0 Å². The molecule has 18 heavy (non-hydrogen) atoms. The number of aromatic nitrogens is 3. The highest BCUT2D eigenvalue weighted by Crippen LogP contribution is 2.17. The van der Waals surface area contributed by atoms with Crippen LogP contribution in [0, 0.1) is 6.92 Å². The van der Waals surface area contributed by atoms with Gasteiger partial charge in [-0.2, -0.15) is 15.0 Å². The molecule has 94 valence electrons. The number of hydrogen-bond acceptors (Lipinski definition) is 5. The first-order chi connectivity index (χ1) is 8.54. The van der Waals surface area contributed by atoms with Gasteiger partial charge in [-0.15, -0.1) is 0 Å². The van der Waals surface area contributed by atoms with Gasteiger partial charge in [-0.1, -0.05) is 11.6 Å². The van der Waals surface area contributed by atoms with Crippen molar-refractivity contribution in [3.8, 4) is 0 Å². The zero-order valence-corrected chi connectivity index (χ0v) is 11.2. The van der Waals surface area contributed by atoms with Crippen molar-refractivity contribution < 1.29 is 0 Å². The smallest absolute Gasteiger partial charge is 0.232 e. The van der Waals surface area contributed by atoms with E-state index in [4.69, 9.17) is 11.6 Å². The average molecular weight is 264 g/mol. The molecule has 0 aliphatic heterocycles. The van der Waals surface area contributed by atoms with Gasteiger partial charge in [0.2, 0.25) is 11.9 Å². The first-order valence-corrected chi connectivity index (χ1v) is 5.85. The molecule has 0 unspecified atom stereocenters. The number of anilines is 3. The summed E-state index contributed by atoms with van der Waals surface area (Å²) >= 11 is 5.83. The van der Waals surface area contributed by atoms with Crippen molar-refractivity contribution in [1.29, 1.82) is 0 Å². The molecular weight excluding hydrogens is 250 g/mol. The lowest BCUT2D eigenvalue weighted by Crippen LogP contribution is -2.15. The van der Waals surface area contributed by atoms with E-state index in [0.717, 1.165) is 5.69 Å². The number of benzene rings is 1. The molecule has 0 atom stereocenters. The van der Waals surface area contributed by atoms with Crippen molar-refractivity contribution in [2.24, 2.45) is 0 Å². The maximum absolute atomic E-state index is 5.83. The third kappa shape index (κ3) is 3.07. The molecule has 6 heteroatoms. The standard InChI is InChI=1S/C12H14ClN5/c1-8-14-11(17-12(15-8)18(2)3)16-10-6-4-9(13)5-7-10/h4-7H,1-3H3,(H,14,15,16,17). The Hall–Kier alpha value is -1.88. The molecule has 0 aliphatic carbocycles. The molecule has 0 saturated carbocycles. The Morgan fingerprint density at radius 2 is 1.72 bits per heavy atom. The summed E-state index contributed by atoms with van der Waals surface area (Å²) in [6.07, 6.45) is 0. The zero-order valence-electron chi connectivity index (χ0n) is 10.5. The summed E-state index contributed by atoms with van der Waals surface area (Å²) in [5.74, 6) is 1.82. The first-order valence-electron chi connectivity index (χ1n) is 5.47. The average Bonchev–Trinajstić information content (AvgIpc) is 2.31. The topological polar surface area (TPSA) is 53.9 Å². The second-order valence-electron chi connectivity index (χ2n) is 4.03. The Labute approximate surface area is 111 Å². The number of nitrogens with one attached hydrogen (secondary N) is 1. The van der Waals surface area contributed by atoms with Crippen LogP contribution in [0.2, 0.25) is 5.02 Å². The van der Waals surface area contributed by atoms with Crippen LogP contribution in [0.25, 0.3) is 0 Å². The molecule has 0 spiro atoms. The van der Waals surface area contributed by atoms with Gasteiger partial charge in [0.1, 0.15) is 5.82 Å². The molecule has 1 heterocycles. The maximum Gasteiger partial charge on any atom is 0.232 e. The molecule has 0 saturated heterocycles. The van der Waals surface area contributed by atoms with Gasteiger partial charge in [-0.25, -0.2) is 0 Å². The van der Waals surface area contributed by atoms with E-state index in [1.165, 1.54) is 0 Å². The molecule has 1 N–H and O–H groups in total. The van der Waals surface area contributed by atoms with Crippen molar-refractivity contribution in [2.45, 2.75) is 6.92 Å². The minimum absolute atomic E-state index is 0.522. The van der Waals surface area contributed by atoms with Gasteiger partial charge in [0.05, 0.1) is 0 Å². The van der Waals surface area contributed by atoms with Crippen molar-refractivity contribution in [3.63, 3.8) is 0 Å². The quantitative estimate of drug-likeness (QED) is 0.923. The summed E-state index contributed by atoms with van der Waals surface area (Å²) in [7, 11) is 3.78. The molecule has 1 aromatic heterocycles. The van der Waals surface area contributed by atoms with Crippen LogP contribution >= 0.6 is 11.6 Å². The number of aryl methyl sites for hydroxylation is 1. The fourth-order valence-electron chi connectivity index (χ4n) is 1.39. The third-order valence-electron chi connectivity index (χ3n) is 2.24. The zero-order chi connectivity index (χ0) is 13.1. The molecule has 2 rings (SSSR count). The van der Waals surface area contributed by atoms with Crippen LogP contribution in [0.1, 0.15) is 5.82 Å². The van der Waals surface area contributed by atoms with E-state index >= 15 is 0 Å². The van der Waals surface area contributed by atoms with Crippen LogP contribution in [0.4, 0.5) is 17.6 Å². The van der Waals surface area contributed by atoms with Gasteiger partial charge in [-0.3, -0.25) is 0 Å². The van der Waals surface area contributed by atoms with Crippen molar-refractivity contribution in [1.82, 2.24) is 15.0 Å². The molecule has 0 fully saturated rings. The summed E-state index contributed by atoms with van der Waals surface area (Å²) in [6, 6.07) is 7.36. The molecular formula is C12H14ClN5. The molecule has 1 aromatic carbocycles. The Morgan fingerprint density at radius 3 is 2.33 bits per heavy atom. The fraction of sp³-hybridized carbons (Fsp3) is 0.250. The molecule has 0 aliphatic rings. The van der Waals surface area contributed by atoms with Crippen molar-refractivity contribution >= 4 is 29.2 Å². The first kappa shape index (κ1) is 12.6. The van der Waals surface area contributed by atoms with Crippen molar-refractivity contribution in [2.75, 3.05) is 24.3 Å². The number of rotatable bonds is 3. The second-order valence-corrected chi connectivity index (χ2v) is 4.47. The Balaban J connectivity index is 2.26. The molecule has 0 amide bonds. The Morgan fingerprint density at radius 1 is 1.06 bits per heavy atom. The molecule has 2 aromatic rings. The number of hydrogen-bond donors (Lipinski definition) is 1. The Bertz CT molecular complexity index is 539. The van der Waals surface area contributed by atoms with Gasteiger partial charge in [0.25, 0.3) is 0 Å².